The van der Waals surface area contributed by atoms with Crippen LogP contribution in [0.3, 0.4) is 0 Å². The molecule has 13 nitrogen and oxygen atoms in total. The fourth-order valence-corrected chi connectivity index (χ4v) is 1.86. The average molecular weight is 453 g/mol. The van der Waals surface area contributed by atoms with Crippen LogP contribution >= 0.6 is 0 Å². The van der Waals surface area contributed by atoms with Crippen molar-refractivity contribution < 1.29 is 47.9 Å². The molecule has 0 saturated carbocycles. The minimum absolute atomic E-state index is 0.0479. The van der Waals surface area contributed by atoms with Gasteiger partial charge in [-0.15, -0.1) is 0 Å². The monoisotopic (exact) mass is 453 g/mol. The van der Waals surface area contributed by atoms with Crippen molar-refractivity contribution in [1.82, 2.24) is 10.6 Å². The van der Waals surface area contributed by atoms with E-state index in [4.69, 9.17) is 39.3 Å². The van der Waals surface area contributed by atoms with Gasteiger partial charge in [-0.25, -0.2) is 4.79 Å². The zero-order valence-electron chi connectivity index (χ0n) is 17.8. The van der Waals surface area contributed by atoms with Crippen molar-refractivity contribution >= 4 is 17.8 Å². The van der Waals surface area contributed by atoms with Crippen molar-refractivity contribution in [3.8, 4) is 0 Å². The molecule has 0 radical (unpaired) electrons. The summed E-state index contributed by atoms with van der Waals surface area (Å²) in [7, 11) is 0. The first-order chi connectivity index (χ1) is 15.1. The minimum Gasteiger partial charge on any atom is -0.480 e. The van der Waals surface area contributed by atoms with E-state index in [0.29, 0.717) is 46.1 Å². The van der Waals surface area contributed by atoms with Gasteiger partial charge in [-0.3, -0.25) is 9.59 Å². The van der Waals surface area contributed by atoms with Gasteiger partial charge >= 0.3 is 5.97 Å². The molecule has 0 spiro atoms. The highest BCUT2D eigenvalue weighted by molar-refractivity contribution is 5.77. The van der Waals surface area contributed by atoms with Gasteiger partial charge in [0.1, 0.15) is 19.8 Å². The fraction of sp³-hybridized carbons (Fsp3) is 0.833. The summed E-state index contributed by atoms with van der Waals surface area (Å²) in [6.07, 6.45) is 0. The number of carbonyl (C=O) groups excluding carboxylic acids is 2. The van der Waals surface area contributed by atoms with E-state index < -0.39 is 5.97 Å². The summed E-state index contributed by atoms with van der Waals surface area (Å²) in [5, 5.41) is 13.6. The first kappa shape index (κ1) is 29.1. The van der Waals surface area contributed by atoms with Gasteiger partial charge in [-0.05, 0) is 0 Å². The number of nitrogens with two attached hydrogens (primary N) is 1. The molecule has 31 heavy (non-hydrogen) atoms. The van der Waals surface area contributed by atoms with Gasteiger partial charge in [0.05, 0.1) is 59.5 Å². The Labute approximate surface area is 181 Å². The Morgan fingerprint density at radius 3 is 1.39 bits per heavy atom. The molecule has 0 bridgehead atoms. The first-order valence-corrected chi connectivity index (χ1v) is 9.98. The normalized spacial score (nSPS) is 10.7. The third-order valence-corrected chi connectivity index (χ3v) is 3.21. The molecule has 0 atom stereocenters. The molecule has 182 valence electrons. The van der Waals surface area contributed by atoms with Crippen LogP contribution in [0.25, 0.3) is 0 Å². The summed E-state index contributed by atoms with van der Waals surface area (Å²) in [6.45, 7) is 3.31. The standard InChI is InChI=1S/C18H35N3O10/c19-1-4-26-7-10-29-13-16(22)20-2-5-27-8-11-30-14-17(23)21-3-6-28-9-12-31-15-18(24)25/h1-15,19H2,(H,20,22)(H,21,23)(H,24,25). The second-order valence-electron chi connectivity index (χ2n) is 5.88. The number of carbonyl (C=O) groups is 3. The smallest absolute Gasteiger partial charge is 0.329 e. The Hall–Kier alpha value is -1.87. The molecule has 0 aromatic rings. The lowest BCUT2D eigenvalue weighted by atomic mass is 10.5. The van der Waals surface area contributed by atoms with E-state index in [0.717, 1.165) is 0 Å². The summed E-state index contributed by atoms with van der Waals surface area (Å²) in [5.41, 5.74) is 5.27. The maximum absolute atomic E-state index is 11.5. The summed E-state index contributed by atoms with van der Waals surface area (Å²) in [4.78, 5) is 33.2. The summed E-state index contributed by atoms with van der Waals surface area (Å²) in [6, 6.07) is 0. The van der Waals surface area contributed by atoms with Crippen LogP contribution in [0.2, 0.25) is 0 Å². The van der Waals surface area contributed by atoms with Gasteiger partial charge in [0.15, 0.2) is 0 Å². The molecule has 0 fully saturated rings. The van der Waals surface area contributed by atoms with Crippen molar-refractivity contribution in [1.29, 1.82) is 0 Å². The minimum atomic E-state index is -1.04. The molecule has 0 aromatic carbocycles. The quantitative estimate of drug-likeness (QED) is 0.119. The lowest BCUT2D eigenvalue weighted by molar-refractivity contribution is -0.142. The molecule has 0 aliphatic heterocycles. The Bertz CT molecular complexity index is 468. The third-order valence-electron chi connectivity index (χ3n) is 3.21. The Kier molecular flexibility index (Phi) is 21.4. The van der Waals surface area contributed by atoms with Crippen molar-refractivity contribution in [3.63, 3.8) is 0 Å². The topological polar surface area (TPSA) is 177 Å². The average Bonchev–Trinajstić information content (AvgIpc) is 2.74. The molecule has 0 aromatic heterocycles. The van der Waals surface area contributed by atoms with Crippen LogP contribution in [0.4, 0.5) is 0 Å². The van der Waals surface area contributed by atoms with Crippen LogP contribution in [0, 0.1) is 0 Å². The highest BCUT2D eigenvalue weighted by atomic mass is 16.5. The molecule has 0 heterocycles. The van der Waals surface area contributed by atoms with E-state index in [1.165, 1.54) is 0 Å². The van der Waals surface area contributed by atoms with Crippen LogP contribution in [0.1, 0.15) is 0 Å². The second kappa shape index (κ2) is 22.8. The molecule has 5 N–H and O–H groups in total. The van der Waals surface area contributed by atoms with Gasteiger partial charge < -0.3 is 49.9 Å². The molecular weight excluding hydrogens is 418 g/mol. The SMILES string of the molecule is NCCOCCOCC(=O)NCCOCCOCC(=O)NCCOCCOCC(=O)O. The number of nitrogens with one attached hydrogen (secondary N) is 2. The zero-order chi connectivity index (χ0) is 23.0. The van der Waals surface area contributed by atoms with Crippen LogP contribution in [-0.4, -0.2) is 122 Å². The molecule has 13 heteroatoms. The van der Waals surface area contributed by atoms with Crippen molar-refractivity contribution in [2.75, 3.05) is 98.9 Å². The maximum Gasteiger partial charge on any atom is 0.329 e. The summed E-state index contributed by atoms with van der Waals surface area (Å²) < 4.78 is 30.6. The molecular formula is C18H35N3O10. The van der Waals surface area contributed by atoms with Crippen molar-refractivity contribution in [3.05, 3.63) is 0 Å². The van der Waals surface area contributed by atoms with E-state index in [1.807, 2.05) is 0 Å². The lowest BCUT2D eigenvalue weighted by Gasteiger charge is -2.09. The van der Waals surface area contributed by atoms with E-state index in [-0.39, 0.29) is 64.7 Å². The molecule has 0 rings (SSSR count). The second-order valence-corrected chi connectivity index (χ2v) is 5.88. The Balaban J connectivity index is 3.27. The number of rotatable bonds is 23. The number of carboxylic acids is 1. The number of hydrogen-bond acceptors (Lipinski definition) is 10. The van der Waals surface area contributed by atoms with E-state index in [9.17, 15) is 14.4 Å². The number of hydrogen-bond donors (Lipinski definition) is 4. The number of aliphatic carboxylic acids is 1. The molecule has 0 saturated heterocycles. The van der Waals surface area contributed by atoms with Gasteiger partial charge in [-0.1, -0.05) is 0 Å². The van der Waals surface area contributed by atoms with Gasteiger partial charge in [0, 0.05) is 19.6 Å². The highest BCUT2D eigenvalue weighted by Crippen LogP contribution is 1.82. The van der Waals surface area contributed by atoms with Crippen molar-refractivity contribution in [2.45, 2.75) is 0 Å². The number of carboxylic acid groups (broad SMARTS) is 1. The predicted octanol–water partition coefficient (Wildman–Crippen LogP) is -2.64. The van der Waals surface area contributed by atoms with E-state index in [2.05, 4.69) is 10.6 Å². The third kappa shape index (κ3) is 24.3. The van der Waals surface area contributed by atoms with Gasteiger partial charge in [0.25, 0.3) is 0 Å². The van der Waals surface area contributed by atoms with E-state index >= 15 is 0 Å². The Morgan fingerprint density at radius 2 is 0.968 bits per heavy atom. The maximum atomic E-state index is 11.5. The Morgan fingerprint density at radius 1 is 0.581 bits per heavy atom. The lowest BCUT2D eigenvalue weighted by Crippen LogP contribution is -2.32. The van der Waals surface area contributed by atoms with Crippen LogP contribution in [0.5, 0.6) is 0 Å². The van der Waals surface area contributed by atoms with Gasteiger partial charge in [0.2, 0.25) is 11.8 Å². The van der Waals surface area contributed by atoms with Gasteiger partial charge in [-0.2, -0.15) is 0 Å². The largest absolute Gasteiger partial charge is 0.480 e. The number of ether oxygens (including phenoxy) is 6. The highest BCUT2D eigenvalue weighted by Gasteiger charge is 2.02. The van der Waals surface area contributed by atoms with E-state index in [1.54, 1.807) is 0 Å². The molecule has 2 amide bonds. The zero-order valence-corrected chi connectivity index (χ0v) is 17.8. The summed E-state index contributed by atoms with van der Waals surface area (Å²) in [5.74, 6) is -1.56. The summed E-state index contributed by atoms with van der Waals surface area (Å²) >= 11 is 0. The van der Waals surface area contributed by atoms with Crippen LogP contribution < -0.4 is 16.4 Å². The molecule has 0 aliphatic rings. The molecule has 0 unspecified atom stereocenters. The van der Waals surface area contributed by atoms with Crippen LogP contribution in [-0.2, 0) is 42.8 Å². The first-order valence-electron chi connectivity index (χ1n) is 9.98. The van der Waals surface area contributed by atoms with Crippen LogP contribution in [0.15, 0.2) is 0 Å². The molecule has 0 aliphatic carbocycles. The predicted molar refractivity (Wildman–Crippen MR) is 108 cm³/mol. The number of amides is 2. The van der Waals surface area contributed by atoms with Crippen molar-refractivity contribution in [2.24, 2.45) is 5.73 Å². The fourth-order valence-electron chi connectivity index (χ4n) is 1.86.